The highest BCUT2D eigenvalue weighted by Gasteiger charge is 2.54. The van der Waals surface area contributed by atoms with Gasteiger partial charge in [-0.1, -0.05) is 6.92 Å². The summed E-state index contributed by atoms with van der Waals surface area (Å²) >= 11 is 0. The summed E-state index contributed by atoms with van der Waals surface area (Å²) in [5, 5.41) is 21.0. The minimum Gasteiger partial charge on any atom is -0.508 e. The lowest BCUT2D eigenvalue weighted by molar-refractivity contribution is -0.0229. The summed E-state index contributed by atoms with van der Waals surface area (Å²) in [4.78, 5) is 0. The van der Waals surface area contributed by atoms with Crippen molar-refractivity contribution < 1.29 is 14.9 Å². The van der Waals surface area contributed by atoms with Gasteiger partial charge in [-0.25, -0.2) is 0 Å². The third kappa shape index (κ3) is 1.84. The van der Waals surface area contributed by atoms with Crippen molar-refractivity contribution in [1.29, 1.82) is 0 Å². The van der Waals surface area contributed by atoms with Crippen LogP contribution >= 0.6 is 0 Å². The minimum absolute atomic E-state index is 0.0980. The second-order valence-electron chi connectivity index (χ2n) is 7.77. The summed E-state index contributed by atoms with van der Waals surface area (Å²) in [6, 6.07) is 3.86. The number of methoxy groups -OCH3 is 1. The molecule has 1 aromatic carbocycles. The molecule has 3 aliphatic carbocycles. The zero-order valence-electron chi connectivity index (χ0n) is 13.5. The first-order valence-electron chi connectivity index (χ1n) is 8.62. The van der Waals surface area contributed by atoms with Gasteiger partial charge in [0.05, 0.1) is 13.2 Å². The fourth-order valence-electron chi connectivity index (χ4n) is 5.76. The molecule has 0 amide bonds. The molecular formula is C19H26O3. The number of aromatic hydroxyl groups is 1. The molecule has 0 aromatic heterocycles. The number of ether oxygens (including phenoxy) is 1. The highest BCUT2D eigenvalue weighted by atomic mass is 16.5. The Morgan fingerprint density at radius 2 is 2.00 bits per heavy atom. The van der Waals surface area contributed by atoms with E-state index in [1.165, 1.54) is 17.5 Å². The zero-order chi connectivity index (χ0) is 15.5. The summed E-state index contributed by atoms with van der Waals surface area (Å²) < 4.78 is 5.30. The Kier molecular flexibility index (Phi) is 3.19. The molecule has 5 atom stereocenters. The van der Waals surface area contributed by atoms with Gasteiger partial charge in [0.15, 0.2) is 0 Å². The molecule has 0 unspecified atom stereocenters. The summed E-state index contributed by atoms with van der Waals surface area (Å²) in [6.45, 7) is 2.29. The predicted molar refractivity (Wildman–Crippen MR) is 85.3 cm³/mol. The Labute approximate surface area is 132 Å². The highest BCUT2D eigenvalue weighted by Crippen LogP contribution is 2.61. The predicted octanol–water partition coefficient (Wildman–Crippen LogP) is 3.62. The summed E-state index contributed by atoms with van der Waals surface area (Å²) in [7, 11) is 1.65. The number of phenols is 1. The lowest BCUT2D eigenvalue weighted by Crippen LogP contribution is -2.43. The van der Waals surface area contributed by atoms with Gasteiger partial charge in [0, 0.05) is 11.6 Å². The standard InChI is InChI=1S/C19H26O3/c1-19-8-7-14-13(15(19)5-6-17(19)21)4-3-11-9-12(22-2)10-16(20)18(11)14/h9-10,13-15,17,20-21H,3-8H2,1-2H3/t13-,14+,15+,17+,19+/m1/s1. The van der Waals surface area contributed by atoms with Gasteiger partial charge in [-0.3, -0.25) is 0 Å². The summed E-state index contributed by atoms with van der Waals surface area (Å²) in [5.41, 5.74) is 2.53. The van der Waals surface area contributed by atoms with Crippen molar-refractivity contribution in [3.05, 3.63) is 23.3 Å². The molecule has 1 aromatic rings. The maximum Gasteiger partial charge on any atom is 0.123 e. The Morgan fingerprint density at radius 3 is 2.77 bits per heavy atom. The fraction of sp³-hybridized carbons (Fsp3) is 0.684. The molecule has 120 valence electrons. The van der Waals surface area contributed by atoms with Gasteiger partial charge in [-0.05, 0) is 73.3 Å². The molecule has 0 radical (unpaired) electrons. The van der Waals surface area contributed by atoms with Crippen LogP contribution in [-0.2, 0) is 6.42 Å². The topological polar surface area (TPSA) is 49.7 Å². The van der Waals surface area contributed by atoms with Crippen LogP contribution < -0.4 is 4.74 Å². The smallest absolute Gasteiger partial charge is 0.123 e. The third-order valence-corrected chi connectivity index (χ3v) is 6.96. The van der Waals surface area contributed by atoms with E-state index in [1.54, 1.807) is 13.2 Å². The van der Waals surface area contributed by atoms with Gasteiger partial charge in [0.25, 0.3) is 0 Å². The van der Waals surface area contributed by atoms with Crippen molar-refractivity contribution in [2.75, 3.05) is 7.11 Å². The summed E-state index contributed by atoms with van der Waals surface area (Å²) in [5.74, 6) is 2.84. The Morgan fingerprint density at radius 1 is 1.18 bits per heavy atom. The first kappa shape index (κ1) is 14.4. The average Bonchev–Trinajstić information content (AvgIpc) is 2.82. The molecule has 0 heterocycles. The number of rotatable bonds is 1. The van der Waals surface area contributed by atoms with Crippen LogP contribution in [-0.4, -0.2) is 23.4 Å². The molecule has 22 heavy (non-hydrogen) atoms. The van der Waals surface area contributed by atoms with Crippen molar-refractivity contribution in [2.24, 2.45) is 17.3 Å². The molecular weight excluding hydrogens is 276 g/mol. The van der Waals surface area contributed by atoms with Gasteiger partial charge in [0.1, 0.15) is 11.5 Å². The Bertz CT molecular complexity index is 597. The largest absolute Gasteiger partial charge is 0.508 e. The monoisotopic (exact) mass is 302 g/mol. The van der Waals surface area contributed by atoms with Crippen LogP contribution in [0.25, 0.3) is 0 Å². The lowest BCUT2D eigenvalue weighted by Gasteiger charge is -2.50. The number of hydrogen-bond acceptors (Lipinski definition) is 3. The van der Waals surface area contributed by atoms with Crippen LogP contribution in [0.4, 0.5) is 0 Å². The van der Waals surface area contributed by atoms with Gasteiger partial charge in [-0.2, -0.15) is 0 Å². The van der Waals surface area contributed by atoms with Gasteiger partial charge in [0.2, 0.25) is 0 Å². The van der Waals surface area contributed by atoms with E-state index in [-0.39, 0.29) is 11.5 Å². The summed E-state index contributed by atoms with van der Waals surface area (Å²) in [6.07, 6.45) is 6.31. The number of phenolic OH excluding ortho intramolecular Hbond substituents is 1. The SMILES string of the molecule is COc1cc(O)c2c(c1)CC[C@@H]1[C@@H]2CC[C@]2(C)[C@@H](O)CC[C@@H]12. The van der Waals surface area contributed by atoms with E-state index < -0.39 is 0 Å². The Hall–Kier alpha value is -1.22. The number of hydrogen-bond donors (Lipinski definition) is 2. The van der Waals surface area contributed by atoms with Gasteiger partial charge >= 0.3 is 0 Å². The number of fused-ring (bicyclic) bond motifs is 5. The molecule has 2 fully saturated rings. The normalized spacial score (nSPS) is 39.8. The maximum atomic E-state index is 10.5. The molecule has 0 bridgehead atoms. The number of aliphatic hydroxyl groups is 1. The van der Waals surface area contributed by atoms with Crippen LogP contribution in [0.3, 0.4) is 0 Å². The number of aryl methyl sites for hydroxylation is 1. The van der Waals surface area contributed by atoms with Gasteiger partial charge < -0.3 is 14.9 Å². The molecule has 0 spiro atoms. The van der Waals surface area contributed by atoms with Crippen LogP contribution in [0, 0.1) is 17.3 Å². The van der Waals surface area contributed by atoms with Crippen molar-refractivity contribution in [3.63, 3.8) is 0 Å². The minimum atomic E-state index is -0.135. The van der Waals surface area contributed by atoms with Crippen molar-refractivity contribution in [2.45, 2.75) is 57.5 Å². The van der Waals surface area contributed by atoms with E-state index in [2.05, 4.69) is 13.0 Å². The molecule has 3 aliphatic rings. The van der Waals surface area contributed by atoms with E-state index >= 15 is 0 Å². The van der Waals surface area contributed by atoms with Crippen LogP contribution in [0.2, 0.25) is 0 Å². The first-order valence-corrected chi connectivity index (χ1v) is 8.62. The van der Waals surface area contributed by atoms with Crippen molar-refractivity contribution in [1.82, 2.24) is 0 Å². The van der Waals surface area contributed by atoms with Crippen molar-refractivity contribution >= 4 is 0 Å². The maximum absolute atomic E-state index is 10.5. The molecule has 2 saturated carbocycles. The zero-order valence-corrected chi connectivity index (χ0v) is 13.5. The number of benzene rings is 1. The van der Waals surface area contributed by atoms with E-state index in [1.807, 2.05) is 0 Å². The van der Waals surface area contributed by atoms with Crippen LogP contribution in [0.15, 0.2) is 12.1 Å². The lowest BCUT2D eigenvalue weighted by atomic mass is 9.55. The average molecular weight is 302 g/mol. The fourth-order valence-corrected chi connectivity index (χ4v) is 5.76. The highest BCUT2D eigenvalue weighted by molar-refractivity contribution is 5.49. The van der Waals surface area contributed by atoms with Crippen LogP contribution in [0.5, 0.6) is 11.5 Å². The third-order valence-electron chi connectivity index (χ3n) is 6.96. The molecule has 4 rings (SSSR count). The second-order valence-corrected chi connectivity index (χ2v) is 7.77. The molecule has 3 nitrogen and oxygen atoms in total. The molecule has 0 saturated heterocycles. The first-order chi connectivity index (χ1) is 10.5. The molecule has 2 N–H and O–H groups in total. The van der Waals surface area contributed by atoms with E-state index in [0.29, 0.717) is 23.5 Å². The second kappa shape index (κ2) is 4.89. The quantitative estimate of drug-likeness (QED) is 0.833. The van der Waals surface area contributed by atoms with Crippen molar-refractivity contribution in [3.8, 4) is 11.5 Å². The molecule has 0 aliphatic heterocycles. The van der Waals surface area contributed by atoms with E-state index in [9.17, 15) is 10.2 Å². The van der Waals surface area contributed by atoms with Gasteiger partial charge in [-0.15, -0.1) is 0 Å². The number of aliphatic hydroxyl groups excluding tert-OH is 1. The Balaban J connectivity index is 1.73. The van der Waals surface area contributed by atoms with Crippen LogP contribution in [0.1, 0.15) is 56.1 Å². The van der Waals surface area contributed by atoms with E-state index in [0.717, 1.165) is 37.9 Å². The van der Waals surface area contributed by atoms with E-state index in [4.69, 9.17) is 4.74 Å². The molecule has 3 heteroatoms.